The molecule has 0 heterocycles. The Balaban J connectivity index is 2.33. The lowest BCUT2D eigenvalue weighted by Gasteiger charge is -2.17. The standard InChI is InChI=1S/C13H13I/c1-10-5-2-3-8-13(10)11-6-4-7-12(14)9-11/h2-5,7-9,11H,6H2,1H3. The fourth-order valence-corrected chi connectivity index (χ4v) is 2.55. The van der Waals surface area contributed by atoms with Crippen molar-refractivity contribution >= 4 is 22.6 Å². The minimum Gasteiger partial charge on any atom is -0.0826 e. The van der Waals surface area contributed by atoms with Gasteiger partial charge in [0.1, 0.15) is 0 Å². The fraction of sp³-hybridized carbons (Fsp3) is 0.231. The Morgan fingerprint density at radius 2 is 2.07 bits per heavy atom. The number of allylic oxidation sites excluding steroid dienone is 4. The molecule has 0 nitrogen and oxygen atoms in total. The Morgan fingerprint density at radius 3 is 2.79 bits per heavy atom. The van der Waals surface area contributed by atoms with Crippen molar-refractivity contribution in [3.8, 4) is 0 Å². The summed E-state index contributed by atoms with van der Waals surface area (Å²) >= 11 is 2.38. The zero-order valence-electron chi connectivity index (χ0n) is 8.20. The van der Waals surface area contributed by atoms with Crippen molar-refractivity contribution in [1.29, 1.82) is 0 Å². The van der Waals surface area contributed by atoms with E-state index in [-0.39, 0.29) is 0 Å². The summed E-state index contributed by atoms with van der Waals surface area (Å²) in [5.41, 5.74) is 2.86. The molecule has 1 unspecified atom stereocenters. The van der Waals surface area contributed by atoms with Gasteiger partial charge >= 0.3 is 0 Å². The molecule has 2 rings (SSSR count). The number of hydrogen-bond acceptors (Lipinski definition) is 0. The molecule has 0 radical (unpaired) electrons. The molecule has 1 aromatic carbocycles. The van der Waals surface area contributed by atoms with Gasteiger partial charge in [-0.3, -0.25) is 0 Å². The van der Waals surface area contributed by atoms with E-state index in [9.17, 15) is 0 Å². The van der Waals surface area contributed by atoms with Crippen LogP contribution in [0.1, 0.15) is 23.5 Å². The van der Waals surface area contributed by atoms with Crippen molar-refractivity contribution in [3.05, 3.63) is 57.2 Å². The number of hydrogen-bond donors (Lipinski definition) is 0. The predicted octanol–water partition coefficient (Wildman–Crippen LogP) is 4.36. The second-order valence-corrected chi connectivity index (χ2v) is 4.90. The lowest BCUT2D eigenvalue weighted by atomic mass is 9.90. The van der Waals surface area contributed by atoms with E-state index in [4.69, 9.17) is 0 Å². The van der Waals surface area contributed by atoms with Crippen LogP contribution in [-0.4, -0.2) is 0 Å². The number of aryl methyl sites for hydroxylation is 1. The first kappa shape index (κ1) is 9.97. The molecule has 72 valence electrons. The molecule has 14 heavy (non-hydrogen) atoms. The molecule has 0 N–H and O–H groups in total. The highest BCUT2D eigenvalue weighted by atomic mass is 127. The molecule has 1 aromatic rings. The minimum atomic E-state index is 0.577. The van der Waals surface area contributed by atoms with E-state index in [1.165, 1.54) is 14.7 Å². The lowest BCUT2D eigenvalue weighted by molar-refractivity contribution is 0.844. The van der Waals surface area contributed by atoms with Gasteiger partial charge in [0.25, 0.3) is 0 Å². The maximum atomic E-state index is 2.38. The van der Waals surface area contributed by atoms with Crippen LogP contribution in [0.4, 0.5) is 0 Å². The first-order chi connectivity index (χ1) is 6.77. The summed E-state index contributed by atoms with van der Waals surface area (Å²) in [4.78, 5) is 0. The molecule has 1 aliphatic rings. The summed E-state index contributed by atoms with van der Waals surface area (Å²) in [5.74, 6) is 0.577. The monoisotopic (exact) mass is 296 g/mol. The van der Waals surface area contributed by atoms with Gasteiger partial charge in [-0.15, -0.1) is 0 Å². The quantitative estimate of drug-likeness (QED) is 0.676. The van der Waals surface area contributed by atoms with Gasteiger partial charge in [0.2, 0.25) is 0 Å². The second kappa shape index (κ2) is 4.30. The van der Waals surface area contributed by atoms with Gasteiger partial charge in [0.05, 0.1) is 0 Å². The summed E-state index contributed by atoms with van der Waals surface area (Å²) in [6.45, 7) is 2.19. The number of benzene rings is 1. The molecule has 0 saturated heterocycles. The third kappa shape index (κ3) is 2.08. The van der Waals surface area contributed by atoms with E-state index in [1.807, 2.05) is 0 Å². The lowest BCUT2D eigenvalue weighted by Crippen LogP contribution is -1.99. The maximum absolute atomic E-state index is 2.38. The smallest absolute Gasteiger partial charge is 0.00930 e. The Bertz CT molecular complexity index is 388. The van der Waals surface area contributed by atoms with Gasteiger partial charge in [-0.2, -0.15) is 0 Å². The van der Waals surface area contributed by atoms with Gasteiger partial charge in [-0.25, -0.2) is 0 Å². The van der Waals surface area contributed by atoms with Gasteiger partial charge < -0.3 is 0 Å². The van der Waals surface area contributed by atoms with Crippen molar-refractivity contribution in [3.63, 3.8) is 0 Å². The zero-order valence-corrected chi connectivity index (χ0v) is 10.4. The van der Waals surface area contributed by atoms with Crippen molar-refractivity contribution in [2.45, 2.75) is 19.3 Å². The van der Waals surface area contributed by atoms with Gasteiger partial charge in [0.15, 0.2) is 0 Å². The van der Waals surface area contributed by atoms with Crippen LogP contribution in [-0.2, 0) is 0 Å². The molecule has 0 fully saturated rings. The molecule has 1 aliphatic carbocycles. The first-order valence-electron chi connectivity index (χ1n) is 4.87. The van der Waals surface area contributed by atoms with Gasteiger partial charge in [-0.05, 0) is 47.1 Å². The van der Waals surface area contributed by atoms with E-state index >= 15 is 0 Å². The van der Waals surface area contributed by atoms with E-state index in [2.05, 4.69) is 72.0 Å². The molecule has 0 amide bonds. The van der Waals surface area contributed by atoms with E-state index in [0.29, 0.717) is 5.92 Å². The Labute approximate surface area is 98.9 Å². The van der Waals surface area contributed by atoms with Crippen LogP contribution in [0.5, 0.6) is 0 Å². The average Bonchev–Trinajstić information content (AvgIpc) is 2.18. The van der Waals surface area contributed by atoms with Gasteiger partial charge in [-0.1, -0.05) is 42.5 Å². The Kier molecular flexibility index (Phi) is 3.06. The minimum absolute atomic E-state index is 0.577. The Hall–Kier alpha value is -0.570. The van der Waals surface area contributed by atoms with Crippen molar-refractivity contribution < 1.29 is 0 Å². The summed E-state index contributed by atoms with van der Waals surface area (Å²) in [6.07, 6.45) is 7.94. The molecule has 0 saturated carbocycles. The van der Waals surface area contributed by atoms with Crippen LogP contribution < -0.4 is 0 Å². The molecular formula is C13H13I. The molecule has 0 aromatic heterocycles. The van der Waals surface area contributed by atoms with Crippen LogP contribution in [0.3, 0.4) is 0 Å². The summed E-state index contributed by atoms with van der Waals surface area (Å²) in [7, 11) is 0. The van der Waals surface area contributed by atoms with Gasteiger partial charge in [0, 0.05) is 9.50 Å². The molecular weight excluding hydrogens is 283 g/mol. The fourth-order valence-electron chi connectivity index (χ4n) is 1.86. The zero-order chi connectivity index (χ0) is 9.97. The molecule has 1 heteroatoms. The number of halogens is 1. The molecule has 0 spiro atoms. The van der Waals surface area contributed by atoms with Crippen LogP contribution in [0.15, 0.2) is 46.1 Å². The van der Waals surface area contributed by atoms with Crippen molar-refractivity contribution in [2.24, 2.45) is 0 Å². The van der Waals surface area contributed by atoms with Crippen LogP contribution in [0.25, 0.3) is 0 Å². The van der Waals surface area contributed by atoms with Crippen LogP contribution >= 0.6 is 22.6 Å². The topological polar surface area (TPSA) is 0 Å². The summed E-state index contributed by atoms with van der Waals surface area (Å²) < 4.78 is 1.35. The molecule has 1 atom stereocenters. The predicted molar refractivity (Wildman–Crippen MR) is 69.8 cm³/mol. The highest BCUT2D eigenvalue weighted by molar-refractivity contribution is 14.1. The van der Waals surface area contributed by atoms with E-state index in [0.717, 1.165) is 6.42 Å². The first-order valence-corrected chi connectivity index (χ1v) is 5.94. The summed E-state index contributed by atoms with van der Waals surface area (Å²) in [6, 6.07) is 8.65. The maximum Gasteiger partial charge on any atom is 0.00930 e. The summed E-state index contributed by atoms with van der Waals surface area (Å²) in [5, 5.41) is 0. The third-order valence-electron chi connectivity index (χ3n) is 2.62. The Morgan fingerprint density at radius 1 is 1.29 bits per heavy atom. The van der Waals surface area contributed by atoms with E-state index < -0.39 is 0 Å². The normalized spacial score (nSPS) is 20.7. The van der Waals surface area contributed by atoms with Crippen LogP contribution in [0.2, 0.25) is 0 Å². The molecule has 0 bridgehead atoms. The van der Waals surface area contributed by atoms with Crippen molar-refractivity contribution in [1.82, 2.24) is 0 Å². The highest BCUT2D eigenvalue weighted by Crippen LogP contribution is 2.30. The largest absolute Gasteiger partial charge is 0.0826 e. The average molecular weight is 296 g/mol. The highest BCUT2D eigenvalue weighted by Gasteiger charge is 2.11. The molecule has 0 aliphatic heterocycles. The van der Waals surface area contributed by atoms with Crippen LogP contribution in [0, 0.1) is 6.92 Å². The number of rotatable bonds is 1. The van der Waals surface area contributed by atoms with E-state index in [1.54, 1.807) is 0 Å². The second-order valence-electron chi connectivity index (χ2n) is 3.65. The third-order valence-corrected chi connectivity index (χ3v) is 3.33. The SMILES string of the molecule is Cc1ccccc1C1C=C(I)C=CC1. The van der Waals surface area contributed by atoms with Crippen molar-refractivity contribution in [2.75, 3.05) is 0 Å².